The van der Waals surface area contributed by atoms with E-state index in [1.165, 1.54) is 24.3 Å². The number of rotatable bonds is 2. The zero-order valence-electron chi connectivity index (χ0n) is 7.58. The van der Waals surface area contributed by atoms with Crippen LogP contribution in [0.4, 0.5) is 5.69 Å². The summed E-state index contributed by atoms with van der Waals surface area (Å²) in [7, 11) is 0. The Morgan fingerprint density at radius 3 is 2.47 bits per heavy atom. The maximum absolute atomic E-state index is 11.3. The van der Waals surface area contributed by atoms with Crippen molar-refractivity contribution in [1.29, 1.82) is 0 Å². The normalized spacial score (nSPS) is 9.33. The number of aliphatic imine (C=N–C) groups is 1. The predicted molar refractivity (Wildman–Crippen MR) is 53.2 cm³/mol. The van der Waals surface area contributed by atoms with Crippen LogP contribution in [0.1, 0.15) is 10.4 Å². The van der Waals surface area contributed by atoms with E-state index in [2.05, 4.69) is 4.99 Å². The summed E-state index contributed by atoms with van der Waals surface area (Å²) in [4.78, 5) is 24.4. The molecule has 7 heteroatoms. The average molecular weight is 208 g/mol. The van der Waals surface area contributed by atoms with Crippen LogP contribution in [0.25, 0.3) is 0 Å². The number of nitrogens with zero attached hydrogens (tertiary/aromatic N) is 2. The fourth-order valence-corrected chi connectivity index (χ4v) is 0.991. The third-order valence-corrected chi connectivity index (χ3v) is 1.56. The first kappa shape index (κ1) is 10.6. The minimum Gasteiger partial charge on any atom is -0.370 e. The van der Waals surface area contributed by atoms with E-state index in [-0.39, 0.29) is 11.3 Å². The second kappa shape index (κ2) is 4.18. The summed E-state index contributed by atoms with van der Waals surface area (Å²) in [6.45, 7) is 0. The molecule has 1 aromatic rings. The second-order valence-electron chi connectivity index (χ2n) is 2.62. The molecule has 1 aromatic carbocycles. The third-order valence-electron chi connectivity index (χ3n) is 1.56. The number of nitrogens with two attached hydrogens (primary N) is 2. The Hall–Kier alpha value is -2.44. The molecule has 0 saturated heterocycles. The standard InChI is InChI=1S/C8H8N4O3/c9-8(10)11-7(13)5-3-1-2-4-6(5)12(14)15/h1-4H,(H4,9,10,11,13). The molecule has 0 aliphatic carbocycles. The van der Waals surface area contributed by atoms with Crippen molar-refractivity contribution in [3.8, 4) is 0 Å². The van der Waals surface area contributed by atoms with Gasteiger partial charge in [-0.15, -0.1) is 0 Å². The molecule has 0 spiro atoms. The van der Waals surface area contributed by atoms with Crippen molar-refractivity contribution in [3.05, 3.63) is 39.9 Å². The van der Waals surface area contributed by atoms with Crippen molar-refractivity contribution in [1.82, 2.24) is 0 Å². The Morgan fingerprint density at radius 1 is 1.33 bits per heavy atom. The molecule has 0 aliphatic heterocycles. The first-order valence-electron chi connectivity index (χ1n) is 3.89. The third kappa shape index (κ3) is 2.50. The molecule has 0 radical (unpaired) electrons. The molecular weight excluding hydrogens is 200 g/mol. The number of guanidine groups is 1. The van der Waals surface area contributed by atoms with E-state index in [1.807, 2.05) is 0 Å². The van der Waals surface area contributed by atoms with Crippen molar-refractivity contribution in [2.75, 3.05) is 0 Å². The van der Waals surface area contributed by atoms with Gasteiger partial charge in [-0.05, 0) is 6.07 Å². The molecule has 0 heterocycles. The average Bonchev–Trinajstić information content (AvgIpc) is 2.16. The summed E-state index contributed by atoms with van der Waals surface area (Å²) in [5.74, 6) is -1.26. The first-order chi connectivity index (χ1) is 7.02. The fourth-order valence-electron chi connectivity index (χ4n) is 0.991. The van der Waals surface area contributed by atoms with Crippen LogP contribution in [0, 0.1) is 10.1 Å². The van der Waals surface area contributed by atoms with Crippen LogP contribution in [0.15, 0.2) is 29.3 Å². The molecule has 15 heavy (non-hydrogen) atoms. The summed E-state index contributed by atoms with van der Waals surface area (Å²) < 4.78 is 0. The van der Waals surface area contributed by atoms with E-state index in [0.717, 1.165) is 0 Å². The Bertz CT molecular complexity index is 437. The van der Waals surface area contributed by atoms with Gasteiger partial charge in [-0.3, -0.25) is 14.9 Å². The molecule has 0 saturated carbocycles. The van der Waals surface area contributed by atoms with Gasteiger partial charge in [0.25, 0.3) is 11.6 Å². The minimum atomic E-state index is -0.831. The number of nitro groups is 1. The summed E-state index contributed by atoms with van der Waals surface area (Å²) in [5, 5.41) is 10.6. The highest BCUT2D eigenvalue weighted by molar-refractivity contribution is 6.04. The smallest absolute Gasteiger partial charge is 0.287 e. The zero-order chi connectivity index (χ0) is 11.4. The van der Waals surface area contributed by atoms with E-state index in [4.69, 9.17) is 11.5 Å². The van der Waals surface area contributed by atoms with Gasteiger partial charge in [0.1, 0.15) is 5.56 Å². The Labute approximate surface area is 84.6 Å². The number of hydrogen-bond donors (Lipinski definition) is 2. The fraction of sp³-hybridized carbons (Fsp3) is 0. The minimum absolute atomic E-state index is 0.143. The molecule has 0 bridgehead atoms. The molecule has 78 valence electrons. The van der Waals surface area contributed by atoms with Gasteiger partial charge < -0.3 is 11.5 Å². The molecular formula is C8H8N4O3. The molecule has 0 atom stereocenters. The SMILES string of the molecule is NC(N)=NC(=O)c1ccccc1[N+](=O)[O-]. The van der Waals surface area contributed by atoms with Gasteiger partial charge in [-0.2, -0.15) is 4.99 Å². The van der Waals surface area contributed by atoms with E-state index >= 15 is 0 Å². The zero-order valence-corrected chi connectivity index (χ0v) is 7.58. The van der Waals surface area contributed by atoms with Crippen LogP contribution >= 0.6 is 0 Å². The van der Waals surface area contributed by atoms with E-state index in [1.54, 1.807) is 0 Å². The maximum atomic E-state index is 11.3. The van der Waals surface area contributed by atoms with Gasteiger partial charge in [0, 0.05) is 6.07 Å². The summed E-state index contributed by atoms with van der Waals surface area (Å²) in [6, 6.07) is 5.43. The Kier molecular flexibility index (Phi) is 2.97. The van der Waals surface area contributed by atoms with Gasteiger partial charge in [-0.25, -0.2) is 0 Å². The molecule has 0 aliphatic rings. The first-order valence-corrected chi connectivity index (χ1v) is 3.89. The van der Waals surface area contributed by atoms with Gasteiger partial charge in [0.2, 0.25) is 0 Å². The number of amides is 1. The van der Waals surface area contributed by atoms with Gasteiger partial charge in [0.05, 0.1) is 4.92 Å². The van der Waals surface area contributed by atoms with Gasteiger partial charge in [0.15, 0.2) is 5.96 Å². The van der Waals surface area contributed by atoms with Gasteiger partial charge >= 0.3 is 0 Å². The lowest BCUT2D eigenvalue weighted by molar-refractivity contribution is -0.385. The lowest BCUT2D eigenvalue weighted by atomic mass is 10.2. The number of carbonyl (C=O) groups is 1. The van der Waals surface area contributed by atoms with Crippen molar-refractivity contribution in [2.45, 2.75) is 0 Å². The van der Waals surface area contributed by atoms with E-state index in [0.29, 0.717) is 0 Å². The molecule has 0 fully saturated rings. The number of benzene rings is 1. The lowest BCUT2D eigenvalue weighted by Crippen LogP contribution is -2.24. The molecule has 0 aromatic heterocycles. The van der Waals surface area contributed by atoms with Crippen molar-refractivity contribution in [2.24, 2.45) is 16.5 Å². The van der Waals surface area contributed by atoms with Crippen LogP contribution in [0.3, 0.4) is 0 Å². The maximum Gasteiger partial charge on any atom is 0.287 e. The topological polar surface area (TPSA) is 125 Å². The highest BCUT2D eigenvalue weighted by atomic mass is 16.6. The number of carbonyl (C=O) groups excluding carboxylic acids is 1. The quantitative estimate of drug-likeness (QED) is 0.306. The van der Waals surface area contributed by atoms with Crippen LogP contribution in [0.5, 0.6) is 0 Å². The highest BCUT2D eigenvalue weighted by Gasteiger charge is 2.18. The van der Waals surface area contributed by atoms with E-state index < -0.39 is 16.8 Å². The Morgan fingerprint density at radius 2 is 1.93 bits per heavy atom. The van der Waals surface area contributed by atoms with Crippen molar-refractivity contribution in [3.63, 3.8) is 0 Å². The summed E-state index contributed by atoms with van der Waals surface area (Å²) >= 11 is 0. The monoisotopic (exact) mass is 208 g/mol. The lowest BCUT2D eigenvalue weighted by Gasteiger charge is -1.97. The molecule has 0 unspecified atom stereocenters. The Balaban J connectivity index is 3.20. The number of nitro benzene ring substituents is 1. The largest absolute Gasteiger partial charge is 0.370 e. The molecule has 1 rings (SSSR count). The second-order valence-corrected chi connectivity index (χ2v) is 2.62. The van der Waals surface area contributed by atoms with Gasteiger partial charge in [-0.1, -0.05) is 12.1 Å². The summed E-state index contributed by atoms with van der Waals surface area (Å²) in [5.41, 5.74) is 9.52. The van der Waals surface area contributed by atoms with Crippen LogP contribution < -0.4 is 11.5 Å². The molecule has 7 nitrogen and oxygen atoms in total. The van der Waals surface area contributed by atoms with Crippen molar-refractivity contribution < 1.29 is 9.72 Å². The van der Waals surface area contributed by atoms with Crippen LogP contribution in [-0.4, -0.2) is 16.8 Å². The van der Waals surface area contributed by atoms with Crippen molar-refractivity contribution >= 4 is 17.6 Å². The number of para-hydroxylation sites is 1. The van der Waals surface area contributed by atoms with Crippen LogP contribution in [0.2, 0.25) is 0 Å². The van der Waals surface area contributed by atoms with Crippen LogP contribution in [-0.2, 0) is 0 Å². The van der Waals surface area contributed by atoms with E-state index in [9.17, 15) is 14.9 Å². The molecule has 4 N–H and O–H groups in total. The predicted octanol–water partition coefficient (Wildman–Crippen LogP) is 0.00840. The number of hydrogen-bond acceptors (Lipinski definition) is 3. The molecule has 1 amide bonds. The highest BCUT2D eigenvalue weighted by Crippen LogP contribution is 2.18. The summed E-state index contributed by atoms with van der Waals surface area (Å²) in [6.07, 6.45) is 0.